The van der Waals surface area contributed by atoms with Crippen molar-refractivity contribution in [3.8, 4) is 0 Å². The Kier molecular flexibility index (Phi) is 4.54. The summed E-state index contributed by atoms with van der Waals surface area (Å²) in [6.07, 6.45) is 0.715. The maximum atomic E-state index is 9.19. The quantitative estimate of drug-likeness (QED) is 0.458. The fraction of sp³-hybridized carbons (Fsp3) is 1.00. The number of ether oxygens (including phenoxy) is 1. The van der Waals surface area contributed by atoms with Crippen LogP contribution in [-0.4, -0.2) is 39.1 Å². The second kappa shape index (κ2) is 4.62. The molecule has 62 valence electrons. The molecule has 10 heavy (non-hydrogen) atoms. The lowest BCUT2D eigenvalue weighted by molar-refractivity contribution is 0.194. The van der Waals surface area contributed by atoms with E-state index in [0.29, 0.717) is 6.26 Å². The van der Waals surface area contributed by atoms with Gasteiger partial charge in [-0.05, 0) is 0 Å². The first-order valence-electron chi connectivity index (χ1n) is 2.71. The van der Waals surface area contributed by atoms with E-state index in [1.54, 1.807) is 0 Å². The summed E-state index contributed by atoms with van der Waals surface area (Å²) >= 11 is 0. The molecule has 0 aromatic heterocycles. The highest BCUT2D eigenvalue weighted by atomic mass is 32.2. The molecule has 1 aliphatic rings. The van der Waals surface area contributed by atoms with Gasteiger partial charge in [-0.15, -0.1) is 0 Å². The van der Waals surface area contributed by atoms with Gasteiger partial charge in [0, 0.05) is 6.54 Å². The van der Waals surface area contributed by atoms with Gasteiger partial charge in [-0.25, -0.2) is 0 Å². The van der Waals surface area contributed by atoms with Crippen LogP contribution in [0.3, 0.4) is 0 Å². The molecule has 1 saturated heterocycles. The molecule has 0 unspecified atom stereocenters. The summed E-state index contributed by atoms with van der Waals surface area (Å²) in [7, 11) is -3.67. The number of hydrogen-bond acceptors (Lipinski definition) is 4. The highest BCUT2D eigenvalue weighted by Crippen LogP contribution is 1.75. The second-order valence-corrected chi connectivity index (χ2v) is 3.25. The Morgan fingerprint density at radius 2 is 2.10 bits per heavy atom. The zero-order valence-corrected chi connectivity index (χ0v) is 6.52. The predicted molar refractivity (Wildman–Crippen MR) is 36.3 cm³/mol. The van der Waals surface area contributed by atoms with Crippen LogP contribution < -0.4 is 5.32 Å². The van der Waals surface area contributed by atoms with Crippen molar-refractivity contribution in [3.63, 3.8) is 0 Å². The Hall–Kier alpha value is -0.170. The summed E-state index contributed by atoms with van der Waals surface area (Å²) in [5, 5.41) is 3.00. The SMILES string of the molecule is C1COCN1.CS(=O)(=O)O. The van der Waals surface area contributed by atoms with Crippen LogP contribution in [0.15, 0.2) is 0 Å². The van der Waals surface area contributed by atoms with E-state index in [9.17, 15) is 8.42 Å². The molecule has 1 rings (SSSR count). The van der Waals surface area contributed by atoms with Gasteiger partial charge in [0.25, 0.3) is 10.1 Å². The van der Waals surface area contributed by atoms with E-state index in [-0.39, 0.29) is 0 Å². The minimum Gasteiger partial charge on any atom is -0.365 e. The zero-order valence-electron chi connectivity index (χ0n) is 5.70. The average molecular weight is 169 g/mol. The topological polar surface area (TPSA) is 75.6 Å². The highest BCUT2D eigenvalue weighted by molar-refractivity contribution is 7.85. The number of hydrogen-bond donors (Lipinski definition) is 2. The molecular formula is C4H11NO4S. The fourth-order valence-corrected chi connectivity index (χ4v) is 0.361. The highest BCUT2D eigenvalue weighted by Gasteiger charge is 1.92. The average Bonchev–Trinajstić information content (AvgIpc) is 2.07. The Morgan fingerprint density at radius 1 is 1.60 bits per heavy atom. The van der Waals surface area contributed by atoms with E-state index in [1.807, 2.05) is 0 Å². The Labute approximate surface area is 60.1 Å². The van der Waals surface area contributed by atoms with Gasteiger partial charge in [-0.3, -0.25) is 9.87 Å². The molecule has 6 heteroatoms. The van der Waals surface area contributed by atoms with Gasteiger partial charge in [0.2, 0.25) is 0 Å². The molecule has 0 spiro atoms. The van der Waals surface area contributed by atoms with Crippen molar-refractivity contribution in [3.05, 3.63) is 0 Å². The van der Waals surface area contributed by atoms with Crippen LogP contribution in [0.5, 0.6) is 0 Å². The van der Waals surface area contributed by atoms with Crippen molar-refractivity contribution in [1.82, 2.24) is 5.32 Å². The van der Waals surface area contributed by atoms with E-state index in [4.69, 9.17) is 9.29 Å². The van der Waals surface area contributed by atoms with Crippen molar-refractivity contribution in [2.24, 2.45) is 0 Å². The summed E-state index contributed by atoms with van der Waals surface area (Å²) in [5.74, 6) is 0. The van der Waals surface area contributed by atoms with Crippen LogP contribution in [0.25, 0.3) is 0 Å². The molecule has 0 radical (unpaired) electrons. The minimum absolute atomic E-state index is 0.715. The molecule has 0 aromatic rings. The van der Waals surface area contributed by atoms with E-state index in [2.05, 4.69) is 5.32 Å². The van der Waals surface area contributed by atoms with Gasteiger partial charge < -0.3 is 4.74 Å². The summed E-state index contributed by atoms with van der Waals surface area (Å²) in [6.45, 7) is 2.67. The van der Waals surface area contributed by atoms with Crippen molar-refractivity contribution in [1.29, 1.82) is 0 Å². The molecular weight excluding hydrogens is 158 g/mol. The Morgan fingerprint density at radius 3 is 2.20 bits per heavy atom. The zero-order chi connectivity index (χ0) is 8.04. The Balaban J connectivity index is 0.000000162. The molecule has 5 nitrogen and oxygen atoms in total. The van der Waals surface area contributed by atoms with E-state index >= 15 is 0 Å². The van der Waals surface area contributed by atoms with Gasteiger partial charge in [0.1, 0.15) is 0 Å². The largest absolute Gasteiger partial charge is 0.365 e. The third-order valence-electron chi connectivity index (χ3n) is 0.627. The molecule has 1 aliphatic heterocycles. The second-order valence-electron chi connectivity index (χ2n) is 1.79. The van der Waals surface area contributed by atoms with Crippen LogP contribution in [0.2, 0.25) is 0 Å². The van der Waals surface area contributed by atoms with Gasteiger partial charge in [-0.1, -0.05) is 0 Å². The van der Waals surface area contributed by atoms with Crippen molar-refractivity contribution < 1.29 is 17.7 Å². The van der Waals surface area contributed by atoms with Gasteiger partial charge >= 0.3 is 0 Å². The maximum absolute atomic E-state index is 9.19. The first kappa shape index (κ1) is 9.83. The molecule has 1 heterocycles. The predicted octanol–water partition coefficient (Wildman–Crippen LogP) is -0.932. The van der Waals surface area contributed by atoms with E-state index < -0.39 is 10.1 Å². The third kappa shape index (κ3) is 15.7. The minimum atomic E-state index is -3.67. The maximum Gasteiger partial charge on any atom is 0.261 e. The molecule has 0 bridgehead atoms. The summed E-state index contributed by atoms with van der Waals surface area (Å²) in [5.41, 5.74) is 0. The van der Waals surface area contributed by atoms with Gasteiger partial charge in [0.05, 0.1) is 19.6 Å². The van der Waals surface area contributed by atoms with Crippen molar-refractivity contribution in [2.45, 2.75) is 0 Å². The summed E-state index contributed by atoms with van der Waals surface area (Å²) < 4.78 is 30.7. The van der Waals surface area contributed by atoms with Crippen LogP contribution in [0.1, 0.15) is 0 Å². The third-order valence-corrected chi connectivity index (χ3v) is 0.627. The molecule has 0 amide bonds. The smallest absolute Gasteiger partial charge is 0.261 e. The Bertz CT molecular complexity index is 144. The molecule has 0 atom stereocenters. The number of nitrogens with one attached hydrogen (secondary N) is 1. The lowest BCUT2D eigenvalue weighted by atomic mass is 10.7. The molecule has 2 N–H and O–H groups in total. The van der Waals surface area contributed by atoms with E-state index in [0.717, 1.165) is 19.9 Å². The first-order chi connectivity index (χ1) is 4.50. The first-order valence-corrected chi connectivity index (χ1v) is 4.56. The van der Waals surface area contributed by atoms with Gasteiger partial charge in [-0.2, -0.15) is 8.42 Å². The molecule has 1 fully saturated rings. The summed E-state index contributed by atoms with van der Waals surface area (Å²) in [4.78, 5) is 0. The lowest BCUT2D eigenvalue weighted by Crippen LogP contribution is -2.05. The lowest BCUT2D eigenvalue weighted by Gasteiger charge is -1.76. The van der Waals surface area contributed by atoms with Crippen LogP contribution in [-0.2, 0) is 14.9 Å². The van der Waals surface area contributed by atoms with E-state index in [1.165, 1.54) is 0 Å². The van der Waals surface area contributed by atoms with Crippen LogP contribution in [0, 0.1) is 0 Å². The monoisotopic (exact) mass is 169 g/mol. The molecule has 0 saturated carbocycles. The standard InChI is InChI=1S/C3H7NO.CH4O3S/c1-2-5-3-4-1;1-5(2,3)4/h4H,1-3H2;1H3,(H,2,3,4). The summed E-state index contributed by atoms with van der Waals surface area (Å²) in [6, 6.07) is 0. The molecule has 0 aliphatic carbocycles. The van der Waals surface area contributed by atoms with Gasteiger partial charge in [0.15, 0.2) is 0 Å². The fourth-order valence-electron chi connectivity index (χ4n) is 0.361. The van der Waals surface area contributed by atoms with Crippen molar-refractivity contribution in [2.75, 3.05) is 26.1 Å². The normalized spacial score (nSPS) is 17.8. The molecule has 0 aromatic carbocycles. The van der Waals surface area contributed by atoms with Crippen LogP contribution in [0.4, 0.5) is 0 Å². The van der Waals surface area contributed by atoms with Crippen LogP contribution >= 0.6 is 0 Å². The number of rotatable bonds is 0. The van der Waals surface area contributed by atoms with Crippen molar-refractivity contribution >= 4 is 10.1 Å².